The molecule has 4 N–H and O–H groups in total. The van der Waals surface area contributed by atoms with Gasteiger partial charge in [0.05, 0.1) is 11.1 Å². The molecule has 0 aromatic heterocycles. The van der Waals surface area contributed by atoms with Crippen LogP contribution in [0.15, 0.2) is 40.9 Å². The monoisotopic (exact) mass is 348 g/mol. The minimum atomic E-state index is -1.09. The van der Waals surface area contributed by atoms with Crippen molar-refractivity contribution in [2.24, 2.45) is 0 Å². The van der Waals surface area contributed by atoms with Crippen molar-refractivity contribution in [3.8, 4) is 0 Å². The number of amides is 1. The number of rotatable bonds is 3. The van der Waals surface area contributed by atoms with Gasteiger partial charge in [-0.25, -0.2) is 4.79 Å². The van der Waals surface area contributed by atoms with Gasteiger partial charge in [-0.2, -0.15) is 0 Å². The Morgan fingerprint density at radius 2 is 1.95 bits per heavy atom. The summed E-state index contributed by atoms with van der Waals surface area (Å²) in [4.78, 5) is 23.1. The number of nitrogen functional groups attached to an aromatic ring is 1. The average Bonchev–Trinajstić information content (AvgIpc) is 2.43. The van der Waals surface area contributed by atoms with Gasteiger partial charge in [0.2, 0.25) is 0 Å². The minimum absolute atomic E-state index is 0.0442. The van der Waals surface area contributed by atoms with Crippen LogP contribution in [0.3, 0.4) is 0 Å². The summed E-state index contributed by atoms with van der Waals surface area (Å²) in [6, 6.07) is 9.48. The van der Waals surface area contributed by atoms with Gasteiger partial charge < -0.3 is 16.2 Å². The molecule has 2 aromatic rings. The molecule has 21 heavy (non-hydrogen) atoms. The van der Waals surface area contributed by atoms with E-state index in [1.807, 2.05) is 19.1 Å². The lowest BCUT2D eigenvalue weighted by Gasteiger charge is -2.11. The number of carboxylic acid groups (broad SMARTS) is 1. The largest absolute Gasteiger partial charge is 0.478 e. The Labute approximate surface area is 129 Å². The number of benzene rings is 2. The number of carbonyl (C=O) groups excluding carboxylic acids is 1. The summed E-state index contributed by atoms with van der Waals surface area (Å²) in [6.45, 7) is 1.87. The highest BCUT2D eigenvalue weighted by atomic mass is 79.9. The summed E-state index contributed by atoms with van der Waals surface area (Å²) in [5.41, 5.74) is 7.71. The summed E-state index contributed by atoms with van der Waals surface area (Å²) in [6.07, 6.45) is 0. The first-order chi connectivity index (χ1) is 9.90. The maximum Gasteiger partial charge on any atom is 0.335 e. The molecule has 0 spiro atoms. The smallest absolute Gasteiger partial charge is 0.335 e. The molecule has 0 radical (unpaired) electrons. The maximum atomic E-state index is 12.2. The summed E-state index contributed by atoms with van der Waals surface area (Å²) in [7, 11) is 0. The highest BCUT2D eigenvalue weighted by Gasteiger charge is 2.14. The molecule has 0 atom stereocenters. The van der Waals surface area contributed by atoms with Crippen LogP contribution >= 0.6 is 15.9 Å². The number of carbonyl (C=O) groups is 2. The lowest BCUT2D eigenvalue weighted by atomic mass is 10.1. The van der Waals surface area contributed by atoms with E-state index in [1.165, 1.54) is 18.2 Å². The third kappa shape index (κ3) is 3.22. The van der Waals surface area contributed by atoms with Crippen LogP contribution in [0.4, 0.5) is 11.4 Å². The Morgan fingerprint density at radius 3 is 2.57 bits per heavy atom. The van der Waals surface area contributed by atoms with E-state index in [4.69, 9.17) is 10.8 Å². The van der Waals surface area contributed by atoms with Crippen molar-refractivity contribution in [2.45, 2.75) is 6.92 Å². The Balaban J connectivity index is 2.29. The maximum absolute atomic E-state index is 12.2. The molecule has 108 valence electrons. The van der Waals surface area contributed by atoms with Gasteiger partial charge in [-0.3, -0.25) is 4.79 Å². The lowest BCUT2D eigenvalue weighted by molar-refractivity contribution is 0.0696. The Hall–Kier alpha value is -2.34. The number of halogens is 1. The third-order valence-corrected chi connectivity index (χ3v) is 3.92. The van der Waals surface area contributed by atoms with E-state index in [1.54, 1.807) is 6.07 Å². The van der Waals surface area contributed by atoms with Gasteiger partial charge in [0, 0.05) is 15.8 Å². The van der Waals surface area contributed by atoms with Gasteiger partial charge in [0.25, 0.3) is 5.91 Å². The second kappa shape index (κ2) is 5.97. The van der Waals surface area contributed by atoms with E-state index in [0.29, 0.717) is 5.69 Å². The molecule has 0 bridgehead atoms. The molecule has 0 saturated heterocycles. The minimum Gasteiger partial charge on any atom is -0.478 e. The summed E-state index contributed by atoms with van der Waals surface area (Å²) in [5, 5.41) is 11.6. The van der Waals surface area contributed by atoms with Crippen molar-refractivity contribution in [2.75, 3.05) is 11.1 Å². The highest BCUT2D eigenvalue weighted by Crippen LogP contribution is 2.24. The van der Waals surface area contributed by atoms with Crippen LogP contribution in [0.5, 0.6) is 0 Å². The summed E-state index contributed by atoms with van der Waals surface area (Å²) in [5.74, 6) is -1.47. The van der Waals surface area contributed by atoms with Gasteiger partial charge in [-0.15, -0.1) is 0 Å². The van der Waals surface area contributed by atoms with E-state index >= 15 is 0 Å². The van der Waals surface area contributed by atoms with E-state index in [0.717, 1.165) is 10.0 Å². The van der Waals surface area contributed by atoms with Gasteiger partial charge in [0.1, 0.15) is 0 Å². The number of nitrogens with two attached hydrogens (primary N) is 1. The molecule has 0 aliphatic heterocycles. The number of nitrogens with one attached hydrogen (secondary N) is 1. The van der Waals surface area contributed by atoms with Crippen LogP contribution < -0.4 is 11.1 Å². The van der Waals surface area contributed by atoms with Gasteiger partial charge in [0.15, 0.2) is 0 Å². The molecular weight excluding hydrogens is 336 g/mol. The number of aromatic carboxylic acids is 1. The molecule has 0 aliphatic carbocycles. The van der Waals surface area contributed by atoms with E-state index < -0.39 is 5.97 Å². The van der Waals surface area contributed by atoms with Gasteiger partial charge >= 0.3 is 5.97 Å². The number of hydrogen-bond acceptors (Lipinski definition) is 3. The molecule has 2 aromatic carbocycles. The van der Waals surface area contributed by atoms with Gasteiger partial charge in [-0.05, 0) is 42.8 Å². The average molecular weight is 349 g/mol. The predicted molar refractivity (Wildman–Crippen MR) is 84.6 cm³/mol. The summed E-state index contributed by atoms with van der Waals surface area (Å²) >= 11 is 3.39. The molecule has 6 heteroatoms. The van der Waals surface area contributed by atoms with Crippen molar-refractivity contribution < 1.29 is 14.7 Å². The quantitative estimate of drug-likeness (QED) is 0.742. The Kier molecular flexibility index (Phi) is 4.28. The second-order valence-corrected chi connectivity index (χ2v) is 5.33. The first-order valence-corrected chi connectivity index (χ1v) is 6.88. The first kappa shape index (κ1) is 15.1. The molecule has 0 unspecified atom stereocenters. The fraction of sp³-hybridized carbons (Fsp3) is 0.0667. The highest BCUT2D eigenvalue weighted by molar-refractivity contribution is 9.10. The Morgan fingerprint density at radius 1 is 1.24 bits per heavy atom. The predicted octanol–water partition coefficient (Wildman–Crippen LogP) is 3.29. The fourth-order valence-electron chi connectivity index (χ4n) is 1.84. The molecule has 0 saturated carbocycles. The van der Waals surface area contributed by atoms with Crippen LogP contribution in [0.1, 0.15) is 26.3 Å². The molecule has 1 amide bonds. The van der Waals surface area contributed by atoms with Crippen molar-refractivity contribution in [1.29, 1.82) is 0 Å². The molecule has 0 heterocycles. The van der Waals surface area contributed by atoms with E-state index in [-0.39, 0.29) is 22.7 Å². The molecule has 2 rings (SSSR count). The fourth-order valence-corrected chi connectivity index (χ4v) is 2.20. The van der Waals surface area contributed by atoms with Crippen molar-refractivity contribution in [3.63, 3.8) is 0 Å². The molecular formula is C15H13BrN2O3. The van der Waals surface area contributed by atoms with Crippen molar-refractivity contribution in [3.05, 3.63) is 57.6 Å². The van der Waals surface area contributed by atoms with Crippen LogP contribution in [-0.2, 0) is 0 Å². The zero-order valence-electron chi connectivity index (χ0n) is 11.2. The normalized spacial score (nSPS) is 10.2. The van der Waals surface area contributed by atoms with Crippen LogP contribution in [0.2, 0.25) is 0 Å². The molecule has 5 nitrogen and oxygen atoms in total. The van der Waals surface area contributed by atoms with Crippen molar-refractivity contribution in [1.82, 2.24) is 0 Å². The van der Waals surface area contributed by atoms with Crippen LogP contribution in [0, 0.1) is 6.92 Å². The zero-order chi connectivity index (χ0) is 15.6. The standard InChI is InChI=1S/C15H13BrN2O3/c1-8-11(16)3-2-4-13(8)18-14(19)10-6-5-9(15(20)21)7-12(10)17/h2-7H,17H2,1H3,(H,18,19)(H,20,21). The van der Waals surface area contributed by atoms with Crippen LogP contribution in [-0.4, -0.2) is 17.0 Å². The molecule has 0 fully saturated rings. The van der Waals surface area contributed by atoms with Crippen LogP contribution in [0.25, 0.3) is 0 Å². The number of carboxylic acids is 1. The van der Waals surface area contributed by atoms with E-state index in [9.17, 15) is 9.59 Å². The SMILES string of the molecule is Cc1c(Br)cccc1NC(=O)c1ccc(C(=O)O)cc1N. The third-order valence-electron chi connectivity index (χ3n) is 3.06. The van der Waals surface area contributed by atoms with Crippen molar-refractivity contribution >= 4 is 39.2 Å². The number of hydrogen-bond donors (Lipinski definition) is 3. The van der Waals surface area contributed by atoms with E-state index in [2.05, 4.69) is 21.2 Å². The van der Waals surface area contributed by atoms with Gasteiger partial charge in [-0.1, -0.05) is 22.0 Å². The topological polar surface area (TPSA) is 92.4 Å². The first-order valence-electron chi connectivity index (χ1n) is 6.09. The molecule has 0 aliphatic rings. The second-order valence-electron chi connectivity index (χ2n) is 4.47. The number of anilines is 2. The lowest BCUT2D eigenvalue weighted by Crippen LogP contribution is -2.15. The zero-order valence-corrected chi connectivity index (χ0v) is 12.8. The Bertz CT molecular complexity index is 729. The summed E-state index contributed by atoms with van der Waals surface area (Å²) < 4.78 is 0.884.